The van der Waals surface area contributed by atoms with Crippen molar-refractivity contribution < 1.29 is 0 Å². The molecule has 3 atom stereocenters. The lowest BCUT2D eigenvalue weighted by molar-refractivity contribution is 0.413. The summed E-state index contributed by atoms with van der Waals surface area (Å²) in [5.74, 6) is 1.89. The number of benzene rings is 1. The summed E-state index contributed by atoms with van der Waals surface area (Å²) in [5, 5.41) is 3.74. The van der Waals surface area contributed by atoms with E-state index in [1.165, 1.54) is 37.1 Å². The van der Waals surface area contributed by atoms with Gasteiger partial charge in [-0.25, -0.2) is 0 Å². The van der Waals surface area contributed by atoms with Crippen molar-refractivity contribution in [3.63, 3.8) is 0 Å². The molecule has 0 bridgehead atoms. The van der Waals surface area contributed by atoms with Crippen LogP contribution in [-0.4, -0.2) is 26.2 Å². The molecule has 2 nitrogen and oxygen atoms in total. The lowest BCUT2D eigenvalue weighted by Crippen LogP contribution is -2.39. The molecular weight excluding hydrogens is 232 g/mol. The molecule has 104 valence electrons. The molecule has 2 aliphatic rings. The topological polar surface area (TPSA) is 15.3 Å². The monoisotopic (exact) mass is 258 g/mol. The van der Waals surface area contributed by atoms with Gasteiger partial charge in [-0.3, -0.25) is 0 Å². The van der Waals surface area contributed by atoms with Gasteiger partial charge in [0.1, 0.15) is 0 Å². The largest absolute Gasteiger partial charge is 0.373 e. The molecule has 1 N–H and O–H groups in total. The molecule has 1 aliphatic carbocycles. The highest BCUT2D eigenvalue weighted by Gasteiger charge is 2.39. The number of nitrogens with one attached hydrogen (secondary N) is 1. The van der Waals surface area contributed by atoms with Crippen molar-refractivity contribution in [2.75, 3.05) is 25.0 Å². The molecule has 1 aliphatic heterocycles. The molecule has 3 unspecified atom stereocenters. The van der Waals surface area contributed by atoms with E-state index >= 15 is 0 Å². The fourth-order valence-electron chi connectivity index (χ4n) is 3.89. The third-order valence-electron chi connectivity index (χ3n) is 5.13. The number of likely N-dealkylation sites (N-methyl/N-ethyl adjacent to an activating group) is 1. The Bertz CT molecular complexity index is 412. The average molecular weight is 258 g/mol. The van der Waals surface area contributed by atoms with Crippen LogP contribution in [0.3, 0.4) is 0 Å². The van der Waals surface area contributed by atoms with Gasteiger partial charge in [-0.15, -0.1) is 0 Å². The number of hydrogen-bond donors (Lipinski definition) is 1. The summed E-state index contributed by atoms with van der Waals surface area (Å²) in [6.07, 6.45) is 5.45. The first-order valence-corrected chi connectivity index (χ1v) is 7.81. The Labute approximate surface area is 117 Å². The Morgan fingerprint density at radius 2 is 2.00 bits per heavy atom. The van der Waals surface area contributed by atoms with Crippen LogP contribution in [-0.2, 0) is 6.42 Å². The molecule has 1 saturated carbocycles. The van der Waals surface area contributed by atoms with Gasteiger partial charge in [0.05, 0.1) is 0 Å². The van der Waals surface area contributed by atoms with Crippen LogP contribution >= 0.6 is 0 Å². The van der Waals surface area contributed by atoms with Crippen molar-refractivity contribution in [2.24, 2.45) is 11.8 Å². The second kappa shape index (κ2) is 5.54. The van der Waals surface area contributed by atoms with Crippen LogP contribution in [0.5, 0.6) is 0 Å². The van der Waals surface area contributed by atoms with Crippen LogP contribution in [0.25, 0.3) is 0 Å². The first kappa shape index (κ1) is 13.0. The van der Waals surface area contributed by atoms with Crippen molar-refractivity contribution in [3.05, 3.63) is 29.8 Å². The summed E-state index contributed by atoms with van der Waals surface area (Å²) < 4.78 is 0. The molecule has 1 aromatic rings. The maximum atomic E-state index is 3.74. The van der Waals surface area contributed by atoms with E-state index in [9.17, 15) is 0 Å². The van der Waals surface area contributed by atoms with E-state index < -0.39 is 0 Å². The Kier molecular flexibility index (Phi) is 3.79. The molecule has 2 fully saturated rings. The standard InChI is InChI=1S/C17H26N2/c1-3-13-7-9-15(10-8-13)19(2)12-17-16-6-4-5-14(16)11-18-17/h7-10,14,16-18H,3-6,11-12H2,1-2H3. The number of nitrogens with zero attached hydrogens (tertiary/aromatic N) is 1. The molecule has 2 heteroatoms. The summed E-state index contributed by atoms with van der Waals surface area (Å²) in [5.41, 5.74) is 2.77. The summed E-state index contributed by atoms with van der Waals surface area (Å²) >= 11 is 0. The Hall–Kier alpha value is -1.02. The van der Waals surface area contributed by atoms with Crippen LogP contribution < -0.4 is 10.2 Å². The van der Waals surface area contributed by atoms with E-state index in [0.29, 0.717) is 6.04 Å². The molecule has 0 amide bonds. The second-order valence-electron chi connectivity index (χ2n) is 6.27. The first-order valence-electron chi connectivity index (χ1n) is 7.81. The predicted molar refractivity (Wildman–Crippen MR) is 81.7 cm³/mol. The molecule has 1 aromatic carbocycles. The van der Waals surface area contributed by atoms with Gasteiger partial charge < -0.3 is 10.2 Å². The Morgan fingerprint density at radius 1 is 1.21 bits per heavy atom. The summed E-state index contributed by atoms with van der Waals surface area (Å²) in [4.78, 5) is 2.41. The normalized spacial score (nSPS) is 29.5. The fraction of sp³-hybridized carbons (Fsp3) is 0.647. The number of rotatable bonds is 4. The zero-order valence-corrected chi connectivity index (χ0v) is 12.2. The van der Waals surface area contributed by atoms with Gasteiger partial charge in [0.2, 0.25) is 0 Å². The van der Waals surface area contributed by atoms with Crippen LogP contribution in [0.1, 0.15) is 31.7 Å². The minimum absolute atomic E-state index is 0.698. The van der Waals surface area contributed by atoms with Gasteiger partial charge in [-0.1, -0.05) is 25.5 Å². The third kappa shape index (κ3) is 2.64. The molecule has 19 heavy (non-hydrogen) atoms. The zero-order valence-electron chi connectivity index (χ0n) is 12.2. The van der Waals surface area contributed by atoms with Crippen LogP contribution in [0, 0.1) is 11.8 Å². The maximum absolute atomic E-state index is 3.74. The summed E-state index contributed by atoms with van der Waals surface area (Å²) in [7, 11) is 2.23. The lowest BCUT2D eigenvalue weighted by Gasteiger charge is -2.27. The zero-order chi connectivity index (χ0) is 13.2. The third-order valence-corrected chi connectivity index (χ3v) is 5.13. The van der Waals surface area contributed by atoms with Crippen LogP contribution in [0.4, 0.5) is 5.69 Å². The Balaban J connectivity index is 1.62. The quantitative estimate of drug-likeness (QED) is 0.893. The smallest absolute Gasteiger partial charge is 0.0364 e. The van der Waals surface area contributed by atoms with Gasteiger partial charge >= 0.3 is 0 Å². The van der Waals surface area contributed by atoms with E-state index in [1.807, 2.05) is 0 Å². The number of aryl methyl sites for hydroxylation is 1. The highest BCUT2D eigenvalue weighted by Crippen LogP contribution is 2.38. The van der Waals surface area contributed by atoms with E-state index in [4.69, 9.17) is 0 Å². The summed E-state index contributed by atoms with van der Waals surface area (Å²) in [6.45, 7) is 4.60. The van der Waals surface area contributed by atoms with Crippen LogP contribution in [0.2, 0.25) is 0 Å². The van der Waals surface area contributed by atoms with E-state index in [1.54, 1.807) is 0 Å². The molecule has 1 saturated heterocycles. The van der Waals surface area contributed by atoms with Crippen molar-refractivity contribution in [1.82, 2.24) is 5.32 Å². The summed E-state index contributed by atoms with van der Waals surface area (Å²) in [6, 6.07) is 9.74. The van der Waals surface area contributed by atoms with Gasteiger partial charge in [0.25, 0.3) is 0 Å². The minimum atomic E-state index is 0.698. The molecule has 3 rings (SSSR count). The van der Waals surface area contributed by atoms with E-state index in [-0.39, 0.29) is 0 Å². The van der Waals surface area contributed by atoms with E-state index in [0.717, 1.165) is 24.8 Å². The maximum Gasteiger partial charge on any atom is 0.0364 e. The average Bonchev–Trinajstić information content (AvgIpc) is 3.04. The number of fused-ring (bicyclic) bond motifs is 1. The lowest BCUT2D eigenvalue weighted by atomic mass is 9.94. The molecule has 0 aromatic heterocycles. The minimum Gasteiger partial charge on any atom is -0.373 e. The number of hydrogen-bond acceptors (Lipinski definition) is 2. The molecule has 0 spiro atoms. The molecular formula is C17H26N2. The van der Waals surface area contributed by atoms with Gasteiger partial charge in [-0.2, -0.15) is 0 Å². The second-order valence-corrected chi connectivity index (χ2v) is 6.27. The molecule has 0 radical (unpaired) electrons. The Morgan fingerprint density at radius 3 is 2.74 bits per heavy atom. The first-order chi connectivity index (χ1) is 9.28. The van der Waals surface area contributed by atoms with Gasteiger partial charge in [0, 0.05) is 25.3 Å². The van der Waals surface area contributed by atoms with Crippen molar-refractivity contribution in [2.45, 2.75) is 38.6 Å². The fourth-order valence-corrected chi connectivity index (χ4v) is 3.89. The predicted octanol–water partition coefficient (Wildman–Crippen LogP) is 3.07. The van der Waals surface area contributed by atoms with Crippen LogP contribution in [0.15, 0.2) is 24.3 Å². The molecule has 1 heterocycles. The number of anilines is 1. The SMILES string of the molecule is CCc1ccc(N(C)CC2NCC3CCCC32)cc1. The van der Waals surface area contributed by atoms with E-state index in [2.05, 4.69) is 48.5 Å². The highest BCUT2D eigenvalue weighted by molar-refractivity contribution is 5.47. The van der Waals surface area contributed by atoms with Crippen molar-refractivity contribution >= 4 is 5.69 Å². The van der Waals surface area contributed by atoms with Crippen molar-refractivity contribution in [3.8, 4) is 0 Å². The van der Waals surface area contributed by atoms with Gasteiger partial charge in [0.15, 0.2) is 0 Å². The van der Waals surface area contributed by atoms with Crippen molar-refractivity contribution in [1.29, 1.82) is 0 Å². The van der Waals surface area contributed by atoms with Gasteiger partial charge in [-0.05, 0) is 55.3 Å². The highest BCUT2D eigenvalue weighted by atomic mass is 15.1.